The molecule has 0 saturated carbocycles. The number of phenols is 2. The molecule has 0 radical (unpaired) electrons. The second kappa shape index (κ2) is 5.52. The normalized spacial score (nSPS) is 11.2. The van der Waals surface area contributed by atoms with Crippen LogP contribution < -0.4 is 10.5 Å². The average Bonchev–Trinajstić information content (AvgIpc) is 2.99. The number of phenolic OH excluding ortho intramolecular Hbond substituents is 2. The quantitative estimate of drug-likeness (QED) is 0.488. The van der Waals surface area contributed by atoms with Crippen LogP contribution in [-0.4, -0.2) is 36.9 Å². The average molecular weight is 337 g/mol. The number of rotatable bonds is 3. The molecule has 8 heteroatoms. The summed E-state index contributed by atoms with van der Waals surface area (Å²) in [6, 6.07) is 10.2. The molecule has 0 aliphatic heterocycles. The zero-order valence-corrected chi connectivity index (χ0v) is 13.3. The van der Waals surface area contributed by atoms with E-state index in [-0.39, 0.29) is 17.4 Å². The fourth-order valence-corrected chi connectivity index (χ4v) is 2.84. The highest BCUT2D eigenvalue weighted by Gasteiger charge is 2.16. The molecule has 8 nitrogen and oxygen atoms in total. The van der Waals surface area contributed by atoms with E-state index in [1.54, 1.807) is 17.7 Å². The minimum Gasteiger partial charge on any atom is -0.504 e. The van der Waals surface area contributed by atoms with Crippen LogP contribution in [0.1, 0.15) is 11.4 Å². The van der Waals surface area contributed by atoms with Crippen LogP contribution in [0, 0.1) is 0 Å². The number of ether oxygens (including phenoxy) is 1. The van der Waals surface area contributed by atoms with Gasteiger partial charge in [-0.3, -0.25) is 0 Å². The third kappa shape index (κ3) is 2.44. The van der Waals surface area contributed by atoms with Crippen LogP contribution in [0.2, 0.25) is 0 Å². The summed E-state index contributed by atoms with van der Waals surface area (Å²) in [6.07, 6.45) is 0.375. The third-order valence-electron chi connectivity index (χ3n) is 3.97. The van der Waals surface area contributed by atoms with Gasteiger partial charge in [0.25, 0.3) is 0 Å². The van der Waals surface area contributed by atoms with Gasteiger partial charge in [-0.15, -0.1) is 5.10 Å². The summed E-state index contributed by atoms with van der Waals surface area (Å²) < 4.78 is 6.98. The van der Waals surface area contributed by atoms with Gasteiger partial charge >= 0.3 is 0 Å². The number of aromatic hydroxyl groups is 2. The van der Waals surface area contributed by atoms with Gasteiger partial charge in [-0.25, -0.2) is 4.98 Å². The van der Waals surface area contributed by atoms with E-state index in [0.29, 0.717) is 29.2 Å². The molecule has 4 rings (SSSR count). The molecule has 0 bridgehead atoms. The highest BCUT2D eigenvalue weighted by molar-refractivity contribution is 5.96. The van der Waals surface area contributed by atoms with Crippen molar-refractivity contribution in [2.45, 2.75) is 6.42 Å². The first-order valence-electron chi connectivity index (χ1n) is 7.55. The van der Waals surface area contributed by atoms with Crippen molar-refractivity contribution in [1.29, 1.82) is 0 Å². The summed E-state index contributed by atoms with van der Waals surface area (Å²) in [5.41, 5.74) is 7.82. The van der Waals surface area contributed by atoms with Crippen LogP contribution in [-0.2, 0) is 6.42 Å². The fraction of sp³-hybridized carbons (Fsp3) is 0.118. The van der Waals surface area contributed by atoms with Gasteiger partial charge in [0, 0.05) is 6.42 Å². The lowest BCUT2D eigenvalue weighted by Gasteiger charge is -2.10. The third-order valence-corrected chi connectivity index (χ3v) is 3.97. The summed E-state index contributed by atoms with van der Waals surface area (Å²) in [7, 11) is 1.58. The van der Waals surface area contributed by atoms with E-state index in [1.807, 2.05) is 18.2 Å². The number of hydrogen-bond donors (Lipinski definition) is 3. The van der Waals surface area contributed by atoms with Gasteiger partial charge in [0.05, 0.1) is 18.0 Å². The number of hydrogen-bond acceptors (Lipinski definition) is 7. The van der Waals surface area contributed by atoms with Crippen molar-refractivity contribution in [3.8, 4) is 17.2 Å². The molecular weight excluding hydrogens is 322 g/mol. The molecule has 0 saturated heterocycles. The number of methoxy groups -OCH3 is 1. The van der Waals surface area contributed by atoms with E-state index in [1.165, 1.54) is 12.1 Å². The topological polar surface area (TPSA) is 119 Å². The predicted octanol–water partition coefficient (Wildman–Crippen LogP) is 1.87. The fourth-order valence-electron chi connectivity index (χ4n) is 2.84. The Balaban J connectivity index is 1.95. The number of benzene rings is 2. The number of aromatic nitrogens is 4. The zero-order valence-electron chi connectivity index (χ0n) is 13.3. The molecule has 2 heterocycles. The number of nitrogen functional groups attached to an aromatic ring is 1. The molecule has 0 unspecified atom stereocenters. The van der Waals surface area contributed by atoms with Crippen LogP contribution in [0.4, 0.5) is 5.95 Å². The minimum absolute atomic E-state index is 0.134. The predicted molar refractivity (Wildman–Crippen MR) is 91.8 cm³/mol. The van der Waals surface area contributed by atoms with Crippen LogP contribution in [0.5, 0.6) is 17.2 Å². The molecule has 0 aliphatic rings. The first-order chi connectivity index (χ1) is 12.1. The minimum atomic E-state index is -0.186. The smallest absolute Gasteiger partial charge is 0.240 e. The Morgan fingerprint density at radius 1 is 1.12 bits per heavy atom. The van der Waals surface area contributed by atoms with Crippen LogP contribution in [0.15, 0.2) is 36.4 Å². The Labute approximate surface area is 142 Å². The maximum absolute atomic E-state index is 9.69. The van der Waals surface area contributed by atoms with E-state index < -0.39 is 0 Å². The van der Waals surface area contributed by atoms with Crippen molar-refractivity contribution in [3.63, 3.8) is 0 Å². The Morgan fingerprint density at radius 3 is 2.72 bits per heavy atom. The summed E-state index contributed by atoms with van der Waals surface area (Å²) >= 11 is 0. The Bertz CT molecular complexity index is 1110. The van der Waals surface area contributed by atoms with Crippen molar-refractivity contribution in [2.75, 3.05) is 12.8 Å². The van der Waals surface area contributed by atoms with Crippen LogP contribution >= 0.6 is 0 Å². The molecule has 0 atom stereocenters. The molecule has 4 N–H and O–H groups in total. The van der Waals surface area contributed by atoms with E-state index in [0.717, 1.165) is 10.9 Å². The van der Waals surface area contributed by atoms with Crippen molar-refractivity contribution in [2.24, 2.45) is 0 Å². The number of nitrogens with zero attached hydrogens (tertiary/aromatic N) is 4. The molecule has 25 heavy (non-hydrogen) atoms. The highest BCUT2D eigenvalue weighted by atomic mass is 16.5. The Morgan fingerprint density at radius 2 is 1.96 bits per heavy atom. The Kier molecular flexibility index (Phi) is 3.31. The summed E-state index contributed by atoms with van der Waals surface area (Å²) in [6.45, 7) is 0. The van der Waals surface area contributed by atoms with Crippen LogP contribution in [0.25, 0.3) is 16.6 Å². The molecule has 2 aromatic heterocycles. The van der Waals surface area contributed by atoms with Gasteiger partial charge in [0.15, 0.2) is 17.1 Å². The first-order valence-corrected chi connectivity index (χ1v) is 7.55. The van der Waals surface area contributed by atoms with Crippen molar-refractivity contribution in [1.82, 2.24) is 19.6 Å². The molecule has 4 aromatic rings. The van der Waals surface area contributed by atoms with Crippen molar-refractivity contribution >= 4 is 22.5 Å². The maximum atomic E-state index is 9.69. The highest BCUT2D eigenvalue weighted by Crippen LogP contribution is 2.30. The molecule has 126 valence electrons. The standard InChI is InChI=1S/C17H15N5O3/c1-25-13-4-2-3-10-15(13)16-20-17(18)21-22(16)14(19-10)8-9-5-6-11(23)12(24)7-9/h2-7,23-24H,8H2,1H3,(H2,18,21). The summed E-state index contributed by atoms with van der Waals surface area (Å²) in [5.74, 6) is 1.01. The summed E-state index contributed by atoms with van der Waals surface area (Å²) in [5, 5.41) is 24.1. The molecule has 0 fully saturated rings. The lowest BCUT2D eigenvalue weighted by atomic mass is 10.1. The van der Waals surface area contributed by atoms with Gasteiger partial charge in [-0.05, 0) is 29.8 Å². The van der Waals surface area contributed by atoms with E-state index in [9.17, 15) is 10.2 Å². The monoisotopic (exact) mass is 337 g/mol. The molecule has 0 aliphatic carbocycles. The van der Waals surface area contributed by atoms with Gasteiger partial charge in [-0.2, -0.15) is 9.50 Å². The van der Waals surface area contributed by atoms with Gasteiger partial charge in [-0.1, -0.05) is 12.1 Å². The Hall–Kier alpha value is -3.55. The van der Waals surface area contributed by atoms with Crippen molar-refractivity contribution < 1.29 is 14.9 Å². The number of fused-ring (bicyclic) bond motifs is 3. The van der Waals surface area contributed by atoms with E-state index in [4.69, 9.17) is 10.5 Å². The molecule has 0 amide bonds. The lowest BCUT2D eigenvalue weighted by Crippen LogP contribution is -2.05. The lowest BCUT2D eigenvalue weighted by molar-refractivity contribution is 0.403. The second-order valence-corrected chi connectivity index (χ2v) is 5.59. The molecule has 0 spiro atoms. The zero-order chi connectivity index (χ0) is 17.6. The van der Waals surface area contributed by atoms with Gasteiger partial charge < -0.3 is 20.7 Å². The summed E-state index contributed by atoms with van der Waals surface area (Å²) in [4.78, 5) is 8.96. The molecule has 2 aromatic carbocycles. The largest absolute Gasteiger partial charge is 0.504 e. The van der Waals surface area contributed by atoms with Crippen molar-refractivity contribution in [3.05, 3.63) is 47.8 Å². The first kappa shape index (κ1) is 15.0. The van der Waals surface area contributed by atoms with E-state index in [2.05, 4.69) is 15.1 Å². The van der Waals surface area contributed by atoms with Gasteiger partial charge in [0.1, 0.15) is 11.6 Å². The molecular formula is C17H15N5O3. The second-order valence-electron chi connectivity index (χ2n) is 5.59. The van der Waals surface area contributed by atoms with Gasteiger partial charge in [0.2, 0.25) is 5.95 Å². The maximum Gasteiger partial charge on any atom is 0.240 e. The number of nitrogens with two attached hydrogens (primary N) is 1. The van der Waals surface area contributed by atoms with Crippen LogP contribution in [0.3, 0.4) is 0 Å². The SMILES string of the molecule is COc1cccc2nc(Cc3ccc(O)c(O)c3)n3nc(N)nc3c12. The van der Waals surface area contributed by atoms with E-state index >= 15 is 0 Å². The number of anilines is 1.